The number of anilines is 1. The summed E-state index contributed by atoms with van der Waals surface area (Å²) in [6.07, 6.45) is -0.421. The summed E-state index contributed by atoms with van der Waals surface area (Å²) in [5.41, 5.74) is 4.81. The van der Waals surface area contributed by atoms with Gasteiger partial charge in [0.05, 0.1) is 11.4 Å². The summed E-state index contributed by atoms with van der Waals surface area (Å²) in [5.74, 6) is 0. The van der Waals surface area contributed by atoms with Crippen LogP contribution in [0.4, 0.5) is 5.69 Å². The van der Waals surface area contributed by atoms with Crippen molar-refractivity contribution in [2.24, 2.45) is 0 Å². The van der Waals surface area contributed by atoms with Crippen LogP contribution in [0.1, 0.15) is 112 Å². The third kappa shape index (κ3) is 6.08. The molecule has 0 radical (unpaired) electrons. The highest BCUT2D eigenvalue weighted by atomic mass is 32.1. The molecule has 6 heteroatoms. The fraction of sp³-hybridized carbons (Fsp3) is 0.567. The first kappa shape index (κ1) is 28.1. The summed E-state index contributed by atoms with van der Waals surface area (Å²) < 4.78 is 4.21. The van der Waals surface area contributed by atoms with Crippen molar-refractivity contribution in [2.45, 2.75) is 111 Å². The Morgan fingerprint density at radius 1 is 0.667 bits per heavy atom. The van der Waals surface area contributed by atoms with Crippen molar-refractivity contribution >= 4 is 22.9 Å². The van der Waals surface area contributed by atoms with E-state index in [4.69, 9.17) is 22.4 Å². The molecule has 2 aromatic heterocycles. The molecular formula is C30H45N5S. The molecule has 0 spiro atoms. The van der Waals surface area contributed by atoms with Gasteiger partial charge in [-0.1, -0.05) is 114 Å². The van der Waals surface area contributed by atoms with Crippen LogP contribution < -0.4 is 5.32 Å². The van der Waals surface area contributed by atoms with Crippen LogP contribution in [0.5, 0.6) is 0 Å². The number of nitrogens with one attached hydrogen (secondary N) is 1. The highest BCUT2D eigenvalue weighted by molar-refractivity contribution is 7.80. The van der Waals surface area contributed by atoms with Crippen molar-refractivity contribution in [3.8, 4) is 0 Å². The van der Waals surface area contributed by atoms with E-state index in [9.17, 15) is 0 Å². The van der Waals surface area contributed by atoms with Gasteiger partial charge < -0.3 is 5.32 Å². The van der Waals surface area contributed by atoms with Crippen LogP contribution in [0.2, 0.25) is 0 Å². The number of para-hydroxylation sites is 1. The fourth-order valence-corrected chi connectivity index (χ4v) is 4.39. The second-order valence-corrected chi connectivity index (χ2v) is 14.4. The first-order chi connectivity index (χ1) is 16.3. The number of benzene rings is 1. The Bertz CT molecular complexity index is 1140. The molecular weight excluding hydrogens is 462 g/mol. The van der Waals surface area contributed by atoms with Gasteiger partial charge in [0.2, 0.25) is 0 Å². The van der Waals surface area contributed by atoms with Crippen molar-refractivity contribution in [1.29, 1.82) is 0 Å². The van der Waals surface area contributed by atoms with E-state index in [1.54, 1.807) is 0 Å². The summed E-state index contributed by atoms with van der Waals surface area (Å²) in [4.78, 5) is 0.657. The lowest BCUT2D eigenvalue weighted by Gasteiger charge is -2.30. The lowest BCUT2D eigenvalue weighted by molar-refractivity contribution is 0.372. The zero-order chi connectivity index (χ0) is 27.3. The molecule has 0 unspecified atom stereocenters. The number of nitrogens with zero attached hydrogens (tertiary/aromatic N) is 4. The van der Waals surface area contributed by atoms with Gasteiger partial charge in [0.1, 0.15) is 4.99 Å². The van der Waals surface area contributed by atoms with E-state index < -0.39 is 6.17 Å². The third-order valence-corrected chi connectivity index (χ3v) is 6.60. The van der Waals surface area contributed by atoms with Gasteiger partial charge in [0.15, 0.2) is 6.17 Å². The Labute approximate surface area is 223 Å². The molecule has 0 saturated heterocycles. The van der Waals surface area contributed by atoms with Crippen molar-refractivity contribution in [2.75, 3.05) is 5.32 Å². The molecule has 0 atom stereocenters. The standard InChI is InChI=1S/C30H45N5S/c1-27(2,3)21-18-23(29(7,8)9)34(32-21)26(25(36)31-20-16-14-13-15-17-20)35-24(30(10,11)12)19-22(33-35)28(4,5)6/h13-19,26H,1-12H3,(H,31,36). The van der Waals surface area contributed by atoms with E-state index in [1.807, 2.05) is 30.3 Å². The molecule has 0 aliphatic carbocycles. The predicted octanol–water partition coefficient (Wildman–Crippen LogP) is 7.76. The Hall–Kier alpha value is -2.47. The minimum absolute atomic E-state index is 0.0994. The number of rotatable bonds is 4. The predicted molar refractivity (Wildman–Crippen MR) is 156 cm³/mol. The minimum atomic E-state index is -0.421. The van der Waals surface area contributed by atoms with Gasteiger partial charge in [-0.2, -0.15) is 10.2 Å². The first-order valence-corrected chi connectivity index (χ1v) is 13.3. The molecule has 1 aromatic carbocycles. The van der Waals surface area contributed by atoms with E-state index in [0.717, 1.165) is 28.5 Å². The largest absolute Gasteiger partial charge is 0.347 e. The summed E-state index contributed by atoms with van der Waals surface area (Å²) in [5, 5.41) is 13.9. The number of hydrogen-bond donors (Lipinski definition) is 1. The minimum Gasteiger partial charge on any atom is -0.347 e. The number of aromatic nitrogens is 4. The molecule has 0 amide bonds. The van der Waals surface area contributed by atoms with Crippen LogP contribution in [0.3, 0.4) is 0 Å². The Kier molecular flexibility index (Phi) is 7.37. The SMILES string of the molecule is CC(C)(C)c1cc(C(C)(C)C)n(C(C(=S)Nc2ccccc2)n2nc(C(C)(C)C)cc2C(C)(C)C)n1. The maximum Gasteiger partial charge on any atom is 0.194 e. The zero-order valence-electron chi connectivity index (χ0n) is 24.3. The van der Waals surface area contributed by atoms with Crippen LogP contribution in [0.15, 0.2) is 42.5 Å². The average molecular weight is 508 g/mol. The smallest absolute Gasteiger partial charge is 0.194 e. The second kappa shape index (κ2) is 9.44. The molecule has 5 nitrogen and oxygen atoms in total. The van der Waals surface area contributed by atoms with E-state index >= 15 is 0 Å². The molecule has 0 aliphatic heterocycles. The lowest BCUT2D eigenvalue weighted by Crippen LogP contribution is -2.37. The summed E-state index contributed by atoms with van der Waals surface area (Å²) in [6, 6.07) is 14.6. The topological polar surface area (TPSA) is 47.7 Å². The molecule has 1 N–H and O–H groups in total. The molecule has 36 heavy (non-hydrogen) atoms. The molecule has 2 heterocycles. The van der Waals surface area contributed by atoms with Gasteiger partial charge >= 0.3 is 0 Å². The summed E-state index contributed by atoms with van der Waals surface area (Å²) in [7, 11) is 0. The van der Waals surface area contributed by atoms with Crippen LogP contribution >= 0.6 is 12.2 Å². The van der Waals surface area contributed by atoms with Gasteiger partial charge in [-0.15, -0.1) is 0 Å². The highest BCUT2D eigenvalue weighted by Crippen LogP contribution is 2.35. The molecule has 0 fully saturated rings. The van der Waals surface area contributed by atoms with Gasteiger partial charge in [-0.3, -0.25) is 0 Å². The fourth-order valence-electron chi connectivity index (χ4n) is 4.07. The molecule has 0 aliphatic rings. The van der Waals surface area contributed by atoms with E-state index in [0.29, 0.717) is 4.99 Å². The number of hydrogen-bond acceptors (Lipinski definition) is 3. The van der Waals surface area contributed by atoms with Crippen molar-refractivity contribution in [3.63, 3.8) is 0 Å². The Balaban J connectivity index is 2.34. The highest BCUT2D eigenvalue weighted by Gasteiger charge is 2.36. The van der Waals surface area contributed by atoms with Gasteiger partial charge in [0.25, 0.3) is 0 Å². The quantitative estimate of drug-likeness (QED) is 0.367. The van der Waals surface area contributed by atoms with Crippen molar-refractivity contribution in [3.05, 3.63) is 65.2 Å². The van der Waals surface area contributed by atoms with Crippen LogP contribution in [0, 0.1) is 0 Å². The van der Waals surface area contributed by atoms with Gasteiger partial charge in [-0.25, -0.2) is 9.36 Å². The maximum atomic E-state index is 6.16. The average Bonchev–Trinajstić information content (AvgIpc) is 3.34. The zero-order valence-corrected chi connectivity index (χ0v) is 25.1. The molecule has 0 saturated carbocycles. The van der Waals surface area contributed by atoms with Gasteiger partial charge in [0, 0.05) is 38.7 Å². The summed E-state index contributed by atoms with van der Waals surface area (Å²) >= 11 is 6.16. The Morgan fingerprint density at radius 2 is 1.06 bits per heavy atom. The first-order valence-electron chi connectivity index (χ1n) is 12.9. The molecule has 196 valence electrons. The molecule has 0 bridgehead atoms. The third-order valence-electron chi connectivity index (χ3n) is 6.28. The van der Waals surface area contributed by atoms with E-state index in [2.05, 4.69) is 110 Å². The maximum absolute atomic E-state index is 6.16. The molecule has 3 rings (SSSR count). The molecule has 3 aromatic rings. The van der Waals surface area contributed by atoms with Crippen molar-refractivity contribution in [1.82, 2.24) is 19.6 Å². The Morgan fingerprint density at radius 3 is 1.39 bits per heavy atom. The second-order valence-electron chi connectivity index (χ2n) is 13.9. The number of thiocarbonyl (C=S) groups is 1. The van der Waals surface area contributed by atoms with Crippen molar-refractivity contribution < 1.29 is 0 Å². The van der Waals surface area contributed by atoms with E-state index in [-0.39, 0.29) is 21.7 Å². The van der Waals surface area contributed by atoms with E-state index in [1.165, 1.54) is 0 Å². The van der Waals surface area contributed by atoms with Crippen LogP contribution in [-0.4, -0.2) is 24.5 Å². The monoisotopic (exact) mass is 507 g/mol. The normalized spacial score (nSPS) is 13.4. The lowest BCUT2D eigenvalue weighted by atomic mass is 9.87. The summed E-state index contributed by atoms with van der Waals surface area (Å²) in [6.45, 7) is 26.6. The van der Waals surface area contributed by atoms with Gasteiger partial charge in [-0.05, 0) is 24.3 Å². The van der Waals surface area contributed by atoms with Crippen LogP contribution in [0.25, 0.3) is 0 Å². The van der Waals surface area contributed by atoms with Crippen LogP contribution in [-0.2, 0) is 21.7 Å².